The van der Waals surface area contributed by atoms with Crippen LogP contribution in [0.25, 0.3) is 5.65 Å². The van der Waals surface area contributed by atoms with Crippen molar-refractivity contribution in [2.24, 2.45) is 0 Å². The largest absolute Gasteiger partial charge is 0.334 e. The average Bonchev–Trinajstić information content (AvgIpc) is 2.90. The van der Waals surface area contributed by atoms with Gasteiger partial charge < -0.3 is 5.32 Å². The highest BCUT2D eigenvalue weighted by atomic mass is 35.5. The van der Waals surface area contributed by atoms with E-state index in [0.717, 1.165) is 0 Å². The first-order chi connectivity index (χ1) is 10.6. The summed E-state index contributed by atoms with van der Waals surface area (Å²) >= 11 is 6.05. The maximum absolute atomic E-state index is 13.1. The fraction of sp³-hybridized carbons (Fsp3) is 0.0714. The second-order valence-electron chi connectivity index (χ2n) is 4.50. The lowest BCUT2D eigenvalue weighted by Gasteiger charge is -2.07. The molecule has 6 nitrogen and oxygen atoms in total. The molecule has 1 aromatic carbocycles. The Morgan fingerprint density at radius 3 is 2.86 bits per heavy atom. The molecule has 3 rings (SSSR count). The molecule has 0 radical (unpaired) electrons. The molecule has 22 heavy (non-hydrogen) atoms. The summed E-state index contributed by atoms with van der Waals surface area (Å²) < 4.78 is 14.6. The normalized spacial score (nSPS) is 10.6. The molecule has 2 N–H and O–H groups in total. The number of nitrogens with zero attached hydrogens (tertiary/aromatic N) is 3. The van der Waals surface area contributed by atoms with Crippen LogP contribution in [0.15, 0.2) is 42.5 Å². The Kier molecular flexibility index (Phi) is 3.88. The van der Waals surface area contributed by atoms with E-state index in [0.29, 0.717) is 16.4 Å². The fourth-order valence-electron chi connectivity index (χ4n) is 1.96. The predicted molar refractivity (Wildman–Crippen MR) is 80.3 cm³/mol. The van der Waals surface area contributed by atoms with Gasteiger partial charge in [0.15, 0.2) is 5.65 Å². The first kappa shape index (κ1) is 14.3. The molecule has 2 heterocycles. The third kappa shape index (κ3) is 2.99. The number of urea groups is 1. The highest BCUT2D eigenvalue weighted by Crippen LogP contribution is 2.16. The third-order valence-corrected chi connectivity index (χ3v) is 3.24. The number of pyridine rings is 1. The zero-order chi connectivity index (χ0) is 15.5. The van der Waals surface area contributed by atoms with Gasteiger partial charge >= 0.3 is 6.03 Å². The number of anilines is 1. The summed E-state index contributed by atoms with van der Waals surface area (Å²) in [6, 6.07) is 10.6. The lowest BCUT2D eigenvalue weighted by Crippen LogP contribution is -2.29. The number of aromatic nitrogens is 3. The quantitative estimate of drug-likeness (QED) is 0.729. The van der Waals surface area contributed by atoms with E-state index in [9.17, 15) is 9.18 Å². The first-order valence-electron chi connectivity index (χ1n) is 6.42. The first-order valence-corrected chi connectivity index (χ1v) is 6.80. The second kappa shape index (κ2) is 5.98. The van der Waals surface area contributed by atoms with Crippen molar-refractivity contribution >= 4 is 29.2 Å². The minimum absolute atomic E-state index is 0.189. The summed E-state index contributed by atoms with van der Waals surface area (Å²) in [6.45, 7) is 0.189. The van der Waals surface area contributed by atoms with E-state index in [4.69, 9.17) is 11.6 Å². The van der Waals surface area contributed by atoms with Crippen molar-refractivity contribution < 1.29 is 9.18 Å². The molecular weight excluding hydrogens is 309 g/mol. The molecule has 0 aliphatic heterocycles. The summed E-state index contributed by atoms with van der Waals surface area (Å²) in [4.78, 5) is 11.9. The molecule has 0 saturated carbocycles. The van der Waals surface area contributed by atoms with Gasteiger partial charge in [-0.25, -0.2) is 9.18 Å². The van der Waals surface area contributed by atoms with Gasteiger partial charge in [-0.05, 0) is 29.8 Å². The van der Waals surface area contributed by atoms with Gasteiger partial charge in [0.2, 0.25) is 5.95 Å². The van der Waals surface area contributed by atoms with Crippen LogP contribution in [0, 0.1) is 5.82 Å². The summed E-state index contributed by atoms with van der Waals surface area (Å²) in [5, 5.41) is 13.3. The Labute approximate surface area is 129 Å². The highest BCUT2D eigenvalue weighted by molar-refractivity contribution is 6.29. The molecule has 2 aromatic heterocycles. The van der Waals surface area contributed by atoms with Gasteiger partial charge in [0.05, 0.1) is 0 Å². The van der Waals surface area contributed by atoms with Crippen LogP contribution >= 0.6 is 11.6 Å². The van der Waals surface area contributed by atoms with Crippen LogP contribution < -0.4 is 10.6 Å². The Morgan fingerprint density at radius 2 is 2.05 bits per heavy atom. The van der Waals surface area contributed by atoms with Gasteiger partial charge in [-0.1, -0.05) is 29.8 Å². The van der Waals surface area contributed by atoms with E-state index >= 15 is 0 Å². The number of carbonyl (C=O) groups excluding carboxylic acids is 1. The van der Waals surface area contributed by atoms with Crippen molar-refractivity contribution in [2.75, 3.05) is 5.32 Å². The molecule has 0 aliphatic carbocycles. The molecule has 0 bridgehead atoms. The van der Waals surface area contributed by atoms with Gasteiger partial charge in [-0.2, -0.15) is 0 Å². The van der Waals surface area contributed by atoms with Crippen LogP contribution in [0.1, 0.15) is 5.56 Å². The number of benzene rings is 1. The number of hydrogen-bond acceptors (Lipinski definition) is 3. The van der Waals surface area contributed by atoms with Gasteiger partial charge in [0.25, 0.3) is 0 Å². The van der Waals surface area contributed by atoms with Crippen LogP contribution in [-0.2, 0) is 6.54 Å². The molecule has 0 unspecified atom stereocenters. The smallest absolute Gasteiger partial charge is 0.321 e. The van der Waals surface area contributed by atoms with Crippen molar-refractivity contribution in [3.63, 3.8) is 0 Å². The van der Waals surface area contributed by atoms with E-state index in [-0.39, 0.29) is 18.3 Å². The van der Waals surface area contributed by atoms with Gasteiger partial charge in [0.1, 0.15) is 11.0 Å². The Bertz CT molecular complexity index is 835. The SMILES string of the molecule is O=C(NCc1cccc(F)c1)Nc1nnc2cccc(Cl)n12. The van der Waals surface area contributed by atoms with Crippen molar-refractivity contribution in [1.82, 2.24) is 19.9 Å². The van der Waals surface area contributed by atoms with Crippen molar-refractivity contribution in [1.29, 1.82) is 0 Å². The maximum atomic E-state index is 13.1. The van der Waals surface area contributed by atoms with E-state index in [1.54, 1.807) is 30.3 Å². The molecular formula is C14H11ClFN5O. The standard InChI is InChI=1S/C14H11ClFN5O/c15-11-5-2-6-12-19-20-13(21(11)12)18-14(22)17-8-9-3-1-4-10(16)7-9/h1-7H,8H2,(H2,17,18,20,22). The van der Waals surface area contributed by atoms with Gasteiger partial charge in [0, 0.05) is 6.54 Å². The van der Waals surface area contributed by atoms with Crippen LogP contribution in [0.5, 0.6) is 0 Å². The molecule has 0 atom stereocenters. The number of rotatable bonds is 3. The van der Waals surface area contributed by atoms with Crippen LogP contribution in [-0.4, -0.2) is 20.6 Å². The fourth-order valence-corrected chi connectivity index (χ4v) is 2.20. The van der Waals surface area contributed by atoms with E-state index < -0.39 is 6.03 Å². The Morgan fingerprint density at radius 1 is 1.23 bits per heavy atom. The van der Waals surface area contributed by atoms with Gasteiger partial charge in [-0.3, -0.25) is 9.72 Å². The van der Waals surface area contributed by atoms with Crippen molar-refractivity contribution in [3.05, 3.63) is 59.0 Å². The second-order valence-corrected chi connectivity index (χ2v) is 4.89. The lowest BCUT2D eigenvalue weighted by atomic mass is 10.2. The summed E-state index contributed by atoms with van der Waals surface area (Å²) in [5.74, 6) is -0.146. The molecule has 112 valence electrons. The number of carbonyl (C=O) groups is 1. The van der Waals surface area contributed by atoms with E-state index in [1.807, 2.05) is 0 Å². The predicted octanol–water partition coefficient (Wildman–Crippen LogP) is 2.84. The van der Waals surface area contributed by atoms with Crippen molar-refractivity contribution in [2.45, 2.75) is 6.54 Å². The van der Waals surface area contributed by atoms with Gasteiger partial charge in [-0.15, -0.1) is 10.2 Å². The maximum Gasteiger partial charge on any atom is 0.321 e. The van der Waals surface area contributed by atoms with Crippen LogP contribution in [0.3, 0.4) is 0 Å². The number of nitrogens with one attached hydrogen (secondary N) is 2. The summed E-state index contributed by atoms with van der Waals surface area (Å²) in [5.41, 5.74) is 1.17. The summed E-state index contributed by atoms with van der Waals surface area (Å²) in [6.07, 6.45) is 0. The molecule has 0 spiro atoms. The average molecular weight is 320 g/mol. The van der Waals surface area contributed by atoms with E-state index in [2.05, 4.69) is 20.8 Å². The van der Waals surface area contributed by atoms with Crippen LogP contribution in [0.4, 0.5) is 15.1 Å². The van der Waals surface area contributed by atoms with Crippen molar-refractivity contribution in [3.8, 4) is 0 Å². The lowest BCUT2D eigenvalue weighted by molar-refractivity contribution is 0.251. The molecule has 8 heteroatoms. The molecule has 0 fully saturated rings. The zero-order valence-corrected chi connectivity index (χ0v) is 12.0. The third-order valence-electron chi connectivity index (χ3n) is 2.95. The number of halogens is 2. The minimum Gasteiger partial charge on any atom is -0.334 e. The number of fused-ring (bicyclic) bond motifs is 1. The highest BCUT2D eigenvalue weighted by Gasteiger charge is 2.11. The molecule has 0 saturated heterocycles. The van der Waals surface area contributed by atoms with E-state index in [1.165, 1.54) is 16.5 Å². The molecule has 3 aromatic rings. The monoisotopic (exact) mass is 319 g/mol. The number of hydrogen-bond donors (Lipinski definition) is 2. The molecule has 2 amide bonds. The Balaban J connectivity index is 1.68. The van der Waals surface area contributed by atoms with Crippen LogP contribution in [0.2, 0.25) is 5.15 Å². The zero-order valence-electron chi connectivity index (χ0n) is 11.3. The minimum atomic E-state index is -0.488. The number of amides is 2. The summed E-state index contributed by atoms with van der Waals surface area (Å²) in [7, 11) is 0. The topological polar surface area (TPSA) is 71.3 Å². The Hall–Kier alpha value is -2.67. The molecule has 0 aliphatic rings.